The standard InChI is InChI=1S/C21H31N3O6/c1-4-5-11-17(13-24(29)15-25)20(27)22-18(12-19(26)23(2)3)21(28)30-14-16-9-7-6-8-10-16/h6-10,15,17-18,29H,4-5,11-14H2,1-3H3,(H,22,27)/t17-,18?/m1/s1. The van der Waals surface area contributed by atoms with E-state index in [0.717, 1.165) is 12.0 Å². The minimum Gasteiger partial charge on any atom is -0.459 e. The van der Waals surface area contributed by atoms with Crippen molar-refractivity contribution in [2.24, 2.45) is 5.92 Å². The normalized spacial score (nSPS) is 12.4. The summed E-state index contributed by atoms with van der Waals surface area (Å²) in [6.45, 7) is 1.75. The van der Waals surface area contributed by atoms with Crippen LogP contribution in [0.4, 0.5) is 0 Å². The van der Waals surface area contributed by atoms with Gasteiger partial charge in [-0.05, 0) is 12.0 Å². The number of hydroxylamine groups is 2. The maximum Gasteiger partial charge on any atom is 0.329 e. The molecule has 30 heavy (non-hydrogen) atoms. The van der Waals surface area contributed by atoms with Crippen LogP contribution in [0, 0.1) is 5.92 Å². The van der Waals surface area contributed by atoms with E-state index in [1.54, 1.807) is 26.2 Å². The molecule has 1 unspecified atom stereocenters. The number of rotatable bonds is 13. The van der Waals surface area contributed by atoms with Gasteiger partial charge < -0.3 is 15.0 Å². The first kappa shape index (κ1) is 25.1. The van der Waals surface area contributed by atoms with Crippen LogP contribution in [0.25, 0.3) is 0 Å². The molecule has 0 aliphatic rings. The average molecular weight is 421 g/mol. The third-order valence-corrected chi connectivity index (χ3v) is 4.51. The lowest BCUT2D eigenvalue weighted by molar-refractivity contribution is -0.156. The van der Waals surface area contributed by atoms with E-state index in [4.69, 9.17) is 4.74 Å². The molecule has 2 N–H and O–H groups in total. The van der Waals surface area contributed by atoms with Crippen molar-refractivity contribution in [1.29, 1.82) is 0 Å². The average Bonchev–Trinajstić information content (AvgIpc) is 2.74. The molecule has 1 aromatic carbocycles. The molecule has 0 aromatic heterocycles. The van der Waals surface area contributed by atoms with Gasteiger partial charge >= 0.3 is 5.97 Å². The maximum absolute atomic E-state index is 12.7. The van der Waals surface area contributed by atoms with Gasteiger partial charge in [-0.2, -0.15) is 0 Å². The SMILES string of the molecule is CCCC[C@H](CN(O)C=O)C(=O)NC(CC(=O)N(C)C)C(=O)OCc1ccccc1. The fraction of sp³-hybridized carbons (Fsp3) is 0.524. The summed E-state index contributed by atoms with van der Waals surface area (Å²) in [5.41, 5.74) is 0.776. The van der Waals surface area contributed by atoms with Crippen molar-refractivity contribution in [2.45, 2.75) is 45.3 Å². The zero-order valence-corrected chi connectivity index (χ0v) is 17.7. The Labute approximate surface area is 176 Å². The second-order valence-electron chi connectivity index (χ2n) is 7.21. The van der Waals surface area contributed by atoms with E-state index < -0.39 is 23.8 Å². The molecule has 2 atom stereocenters. The zero-order valence-electron chi connectivity index (χ0n) is 17.7. The van der Waals surface area contributed by atoms with Crippen molar-refractivity contribution in [3.8, 4) is 0 Å². The van der Waals surface area contributed by atoms with Crippen LogP contribution in [0.5, 0.6) is 0 Å². The second kappa shape index (κ2) is 13.3. The van der Waals surface area contributed by atoms with Gasteiger partial charge in [0.2, 0.25) is 18.2 Å². The molecule has 1 rings (SSSR count). The van der Waals surface area contributed by atoms with Crippen molar-refractivity contribution in [3.05, 3.63) is 35.9 Å². The van der Waals surface area contributed by atoms with Gasteiger partial charge in [-0.3, -0.25) is 19.6 Å². The van der Waals surface area contributed by atoms with Gasteiger partial charge in [0.15, 0.2) is 0 Å². The molecule has 0 saturated carbocycles. The van der Waals surface area contributed by atoms with Gasteiger partial charge in [0, 0.05) is 14.1 Å². The van der Waals surface area contributed by atoms with E-state index in [1.165, 1.54) is 4.90 Å². The maximum atomic E-state index is 12.7. The first-order valence-corrected chi connectivity index (χ1v) is 9.90. The third-order valence-electron chi connectivity index (χ3n) is 4.51. The molecule has 1 aromatic rings. The van der Waals surface area contributed by atoms with Crippen LogP contribution in [0.1, 0.15) is 38.2 Å². The molecule has 0 saturated heterocycles. The number of ether oxygens (including phenoxy) is 1. The van der Waals surface area contributed by atoms with E-state index in [9.17, 15) is 24.4 Å². The van der Waals surface area contributed by atoms with Gasteiger partial charge in [0.1, 0.15) is 12.6 Å². The summed E-state index contributed by atoms with van der Waals surface area (Å²) in [6, 6.07) is 7.87. The number of amides is 3. The Bertz CT molecular complexity index is 695. The van der Waals surface area contributed by atoms with E-state index in [2.05, 4.69) is 5.32 Å². The molecule has 9 nitrogen and oxygen atoms in total. The van der Waals surface area contributed by atoms with E-state index >= 15 is 0 Å². The Morgan fingerprint density at radius 2 is 1.87 bits per heavy atom. The van der Waals surface area contributed by atoms with Crippen LogP contribution < -0.4 is 5.32 Å². The molecule has 3 amide bonds. The Morgan fingerprint density at radius 3 is 2.43 bits per heavy atom. The molecule has 9 heteroatoms. The Kier molecular flexibility index (Phi) is 11.1. The van der Waals surface area contributed by atoms with Gasteiger partial charge in [-0.1, -0.05) is 50.1 Å². The summed E-state index contributed by atoms with van der Waals surface area (Å²) in [5, 5.41) is 12.4. The molecule has 0 radical (unpaired) electrons. The highest BCUT2D eigenvalue weighted by Gasteiger charge is 2.29. The monoisotopic (exact) mass is 421 g/mol. The number of benzene rings is 1. The smallest absolute Gasteiger partial charge is 0.329 e. The Balaban J connectivity index is 2.87. The van der Waals surface area contributed by atoms with Crippen molar-refractivity contribution in [3.63, 3.8) is 0 Å². The predicted molar refractivity (Wildman–Crippen MR) is 109 cm³/mol. The molecule has 166 valence electrons. The van der Waals surface area contributed by atoms with Gasteiger partial charge in [-0.15, -0.1) is 0 Å². The topological polar surface area (TPSA) is 116 Å². The highest BCUT2D eigenvalue weighted by molar-refractivity contribution is 5.90. The number of hydrogen-bond donors (Lipinski definition) is 2. The number of nitrogens with zero attached hydrogens (tertiary/aromatic N) is 2. The number of carbonyl (C=O) groups excluding carboxylic acids is 4. The fourth-order valence-electron chi connectivity index (χ4n) is 2.69. The van der Waals surface area contributed by atoms with Crippen molar-refractivity contribution in [2.75, 3.05) is 20.6 Å². The minimum atomic E-state index is -1.18. The van der Waals surface area contributed by atoms with Crippen molar-refractivity contribution in [1.82, 2.24) is 15.3 Å². The summed E-state index contributed by atoms with van der Waals surface area (Å²) < 4.78 is 5.29. The van der Waals surface area contributed by atoms with Crippen LogP contribution >= 0.6 is 0 Å². The van der Waals surface area contributed by atoms with Gasteiger partial charge in [0.25, 0.3) is 0 Å². The molecular formula is C21H31N3O6. The highest BCUT2D eigenvalue weighted by atomic mass is 16.5. The van der Waals surface area contributed by atoms with E-state index in [-0.39, 0.29) is 31.9 Å². The molecule has 0 aliphatic heterocycles. The lowest BCUT2D eigenvalue weighted by atomic mass is 10.00. The highest BCUT2D eigenvalue weighted by Crippen LogP contribution is 2.12. The zero-order chi connectivity index (χ0) is 22.5. The fourth-order valence-corrected chi connectivity index (χ4v) is 2.69. The number of nitrogens with one attached hydrogen (secondary N) is 1. The molecular weight excluding hydrogens is 390 g/mol. The lowest BCUT2D eigenvalue weighted by Crippen LogP contribution is -2.48. The van der Waals surface area contributed by atoms with Gasteiger partial charge in [-0.25, -0.2) is 9.86 Å². The second-order valence-corrected chi connectivity index (χ2v) is 7.21. The Hall–Kier alpha value is -2.94. The number of unbranched alkanes of at least 4 members (excludes halogenated alkanes) is 1. The first-order chi connectivity index (χ1) is 14.3. The number of esters is 1. The predicted octanol–water partition coefficient (Wildman–Crippen LogP) is 1.35. The molecule has 0 bridgehead atoms. The van der Waals surface area contributed by atoms with Crippen molar-refractivity contribution < 1.29 is 29.1 Å². The summed E-state index contributed by atoms with van der Waals surface area (Å²) in [5.74, 6) is -2.33. The third kappa shape index (κ3) is 9.04. The van der Waals surface area contributed by atoms with Crippen LogP contribution in [-0.4, -0.2) is 66.0 Å². The van der Waals surface area contributed by atoms with Crippen LogP contribution in [0.15, 0.2) is 30.3 Å². The minimum absolute atomic E-state index is 0.0109. The lowest BCUT2D eigenvalue weighted by Gasteiger charge is -2.24. The van der Waals surface area contributed by atoms with Gasteiger partial charge in [0.05, 0.1) is 18.9 Å². The van der Waals surface area contributed by atoms with Crippen LogP contribution in [-0.2, 0) is 30.5 Å². The molecule has 0 aliphatic carbocycles. The van der Waals surface area contributed by atoms with Crippen molar-refractivity contribution >= 4 is 24.2 Å². The summed E-state index contributed by atoms with van der Waals surface area (Å²) in [4.78, 5) is 49.5. The largest absolute Gasteiger partial charge is 0.459 e. The molecule has 0 fully saturated rings. The van der Waals surface area contributed by atoms with E-state index in [1.807, 2.05) is 25.1 Å². The first-order valence-electron chi connectivity index (χ1n) is 9.90. The summed E-state index contributed by atoms with van der Waals surface area (Å²) in [6.07, 6.45) is 1.89. The number of hydrogen-bond acceptors (Lipinski definition) is 6. The van der Waals surface area contributed by atoms with Crippen LogP contribution in [0.3, 0.4) is 0 Å². The quantitative estimate of drug-likeness (QED) is 0.215. The summed E-state index contributed by atoms with van der Waals surface area (Å²) >= 11 is 0. The molecule has 0 heterocycles. The number of carbonyl (C=O) groups is 4. The van der Waals surface area contributed by atoms with Crippen LogP contribution in [0.2, 0.25) is 0 Å². The molecule has 0 spiro atoms. The Morgan fingerprint density at radius 1 is 1.20 bits per heavy atom. The van der Waals surface area contributed by atoms with E-state index in [0.29, 0.717) is 17.9 Å². The summed E-state index contributed by atoms with van der Waals surface area (Å²) in [7, 11) is 3.10.